The second kappa shape index (κ2) is 9.24. The Morgan fingerprint density at radius 3 is 2.41 bits per heavy atom. The third kappa shape index (κ3) is 4.86. The van der Waals surface area contributed by atoms with Crippen LogP contribution in [0, 0.1) is 6.92 Å². The molecule has 1 aliphatic heterocycles. The molecule has 6 nitrogen and oxygen atoms in total. The van der Waals surface area contributed by atoms with Crippen molar-refractivity contribution in [3.8, 4) is 27.3 Å². The lowest BCUT2D eigenvalue weighted by Crippen LogP contribution is -2.27. The van der Waals surface area contributed by atoms with Crippen molar-refractivity contribution in [3.63, 3.8) is 0 Å². The van der Waals surface area contributed by atoms with E-state index in [0.717, 1.165) is 50.6 Å². The molecule has 2 aromatic carbocycles. The van der Waals surface area contributed by atoms with Crippen molar-refractivity contribution >= 4 is 23.2 Å². The minimum absolute atomic E-state index is 0.421. The lowest BCUT2D eigenvalue weighted by atomic mass is 9.91. The Morgan fingerprint density at radius 2 is 1.79 bits per heavy atom. The summed E-state index contributed by atoms with van der Waals surface area (Å²) in [6, 6.07) is 13.1. The van der Waals surface area contributed by atoms with Crippen LogP contribution in [0.25, 0.3) is 21.6 Å². The van der Waals surface area contributed by atoms with E-state index in [0.29, 0.717) is 17.7 Å². The van der Waals surface area contributed by atoms with Crippen molar-refractivity contribution < 1.29 is 24.2 Å². The topological polar surface area (TPSA) is 98.9 Å². The lowest BCUT2D eigenvalue weighted by molar-refractivity contribution is -0.160. The minimum Gasteiger partial charge on any atom is -0.493 e. The molecular weight excluding hydrogens is 450 g/mol. The summed E-state index contributed by atoms with van der Waals surface area (Å²) in [5.41, 5.74) is 9.58. The van der Waals surface area contributed by atoms with E-state index in [-0.39, 0.29) is 0 Å². The Balaban J connectivity index is 1.95. The Hall–Kier alpha value is -3.16. The number of aryl methyl sites for hydroxylation is 2. The predicted molar refractivity (Wildman–Crippen MR) is 133 cm³/mol. The fourth-order valence-corrected chi connectivity index (χ4v) is 5.46. The standard InChI is InChI=1S/C27H29NO5S/c1-15-21(23(26(30)31)33-27(2,3)4)22(19-11-12-20-18(14-19)6-5-13-32-20)24(34-15)16-7-9-17(10-8-16)25(28)29/h7-12,14,23H,5-6,13H2,1-4H3,(H2,28,29)(H,30,31). The van der Waals surface area contributed by atoms with Gasteiger partial charge in [-0.3, -0.25) is 4.79 Å². The maximum atomic E-state index is 12.4. The molecule has 1 atom stereocenters. The van der Waals surface area contributed by atoms with Gasteiger partial charge in [0.15, 0.2) is 6.10 Å². The normalized spacial score (nSPS) is 14.2. The monoisotopic (exact) mass is 479 g/mol. The first-order valence-corrected chi connectivity index (χ1v) is 12.1. The SMILES string of the molecule is Cc1sc(-c2ccc(C(N)=O)cc2)c(-c2ccc3c(c2)CCCO3)c1C(OC(C)(C)C)C(=O)O. The van der Waals surface area contributed by atoms with Crippen LogP contribution in [0.5, 0.6) is 5.75 Å². The van der Waals surface area contributed by atoms with E-state index in [4.69, 9.17) is 15.2 Å². The van der Waals surface area contributed by atoms with E-state index >= 15 is 0 Å². The number of carboxylic acids is 1. The molecule has 3 N–H and O–H groups in total. The first kappa shape index (κ1) is 24.0. The van der Waals surface area contributed by atoms with Crippen LogP contribution in [0.4, 0.5) is 0 Å². The summed E-state index contributed by atoms with van der Waals surface area (Å²) in [6.45, 7) is 8.18. The first-order chi connectivity index (χ1) is 16.0. The van der Waals surface area contributed by atoms with E-state index in [2.05, 4.69) is 6.07 Å². The van der Waals surface area contributed by atoms with Crippen molar-refractivity contribution in [1.29, 1.82) is 0 Å². The van der Waals surface area contributed by atoms with Gasteiger partial charge >= 0.3 is 5.97 Å². The average molecular weight is 480 g/mol. The molecule has 1 aromatic heterocycles. The summed E-state index contributed by atoms with van der Waals surface area (Å²) < 4.78 is 11.9. The quantitative estimate of drug-likeness (QED) is 0.469. The zero-order valence-corrected chi connectivity index (χ0v) is 20.6. The Labute approximate surface area is 203 Å². The van der Waals surface area contributed by atoms with Crippen molar-refractivity contribution in [2.24, 2.45) is 5.73 Å². The Bertz CT molecular complexity index is 1240. The number of carbonyl (C=O) groups excluding carboxylic acids is 1. The van der Waals surface area contributed by atoms with Gasteiger partial charge in [0.2, 0.25) is 5.91 Å². The van der Waals surface area contributed by atoms with Crippen LogP contribution >= 0.6 is 11.3 Å². The molecule has 2 heterocycles. The van der Waals surface area contributed by atoms with Gasteiger partial charge in [0.1, 0.15) is 5.75 Å². The maximum absolute atomic E-state index is 12.4. The number of ether oxygens (including phenoxy) is 2. The van der Waals surface area contributed by atoms with Crippen molar-refractivity contribution in [1.82, 2.24) is 0 Å². The van der Waals surface area contributed by atoms with Crippen molar-refractivity contribution in [3.05, 3.63) is 64.0 Å². The number of amides is 1. The number of nitrogens with two attached hydrogens (primary N) is 1. The number of rotatable bonds is 6. The van der Waals surface area contributed by atoms with Crippen LogP contribution < -0.4 is 10.5 Å². The molecule has 0 radical (unpaired) electrons. The summed E-state index contributed by atoms with van der Waals surface area (Å²) in [4.78, 5) is 25.8. The summed E-state index contributed by atoms with van der Waals surface area (Å²) in [6.07, 6.45) is 0.723. The number of aliphatic carboxylic acids is 1. The van der Waals surface area contributed by atoms with E-state index in [9.17, 15) is 14.7 Å². The molecule has 178 valence electrons. The van der Waals surface area contributed by atoms with Crippen LogP contribution in [0.1, 0.15) is 59.7 Å². The van der Waals surface area contributed by atoms with Gasteiger partial charge in [-0.25, -0.2) is 4.79 Å². The summed E-state index contributed by atoms with van der Waals surface area (Å²) in [7, 11) is 0. The summed E-state index contributed by atoms with van der Waals surface area (Å²) >= 11 is 1.52. The van der Waals surface area contributed by atoms with Crippen molar-refractivity contribution in [2.75, 3.05) is 6.61 Å². The second-order valence-electron chi connectivity index (χ2n) is 9.44. The fourth-order valence-electron chi connectivity index (χ4n) is 4.25. The molecule has 1 aliphatic rings. The molecule has 0 aliphatic carbocycles. The Kier molecular flexibility index (Phi) is 6.51. The van der Waals surface area contributed by atoms with Crippen molar-refractivity contribution in [2.45, 2.75) is 52.2 Å². The van der Waals surface area contributed by atoms with Gasteiger partial charge in [-0.1, -0.05) is 18.2 Å². The predicted octanol–water partition coefficient (Wildman–Crippen LogP) is 5.76. The van der Waals surface area contributed by atoms with E-state index in [1.165, 1.54) is 11.3 Å². The smallest absolute Gasteiger partial charge is 0.337 e. The van der Waals surface area contributed by atoms with Gasteiger partial charge in [0.05, 0.1) is 12.2 Å². The number of fused-ring (bicyclic) bond motifs is 1. The summed E-state index contributed by atoms with van der Waals surface area (Å²) in [5, 5.41) is 10.2. The molecule has 0 spiro atoms. The molecule has 0 fully saturated rings. The van der Waals surface area contributed by atoms with Crippen LogP contribution in [-0.4, -0.2) is 29.2 Å². The average Bonchev–Trinajstić information content (AvgIpc) is 3.13. The third-order valence-electron chi connectivity index (χ3n) is 5.72. The molecule has 1 amide bonds. The van der Waals surface area contributed by atoms with Gasteiger partial charge in [-0.05, 0) is 81.5 Å². The molecule has 1 unspecified atom stereocenters. The van der Waals surface area contributed by atoms with Crippen LogP contribution in [-0.2, 0) is 16.0 Å². The zero-order valence-electron chi connectivity index (χ0n) is 19.8. The van der Waals surface area contributed by atoms with E-state index in [1.807, 2.05) is 52.0 Å². The third-order valence-corrected chi connectivity index (χ3v) is 6.89. The molecule has 0 bridgehead atoms. The number of carbonyl (C=O) groups is 2. The molecule has 34 heavy (non-hydrogen) atoms. The van der Waals surface area contributed by atoms with Gasteiger partial charge in [-0.15, -0.1) is 11.3 Å². The van der Waals surface area contributed by atoms with Crippen LogP contribution in [0.3, 0.4) is 0 Å². The number of thiophene rings is 1. The first-order valence-electron chi connectivity index (χ1n) is 11.3. The largest absolute Gasteiger partial charge is 0.493 e. The highest BCUT2D eigenvalue weighted by molar-refractivity contribution is 7.16. The highest BCUT2D eigenvalue weighted by atomic mass is 32.1. The molecule has 7 heteroatoms. The van der Waals surface area contributed by atoms with Gasteiger partial charge in [0.25, 0.3) is 0 Å². The highest BCUT2D eigenvalue weighted by Gasteiger charge is 2.33. The Morgan fingerprint density at radius 1 is 1.12 bits per heavy atom. The fraction of sp³-hybridized carbons (Fsp3) is 0.333. The molecule has 0 saturated carbocycles. The summed E-state index contributed by atoms with van der Waals surface area (Å²) in [5.74, 6) is -0.653. The number of hydrogen-bond acceptors (Lipinski definition) is 5. The van der Waals surface area contributed by atoms with Gasteiger partial charge < -0.3 is 20.3 Å². The van der Waals surface area contributed by atoms with E-state index in [1.54, 1.807) is 12.1 Å². The highest BCUT2D eigenvalue weighted by Crippen LogP contribution is 2.48. The van der Waals surface area contributed by atoms with Crippen LogP contribution in [0.2, 0.25) is 0 Å². The number of carboxylic acid groups (broad SMARTS) is 1. The molecule has 4 rings (SSSR count). The molecule has 0 saturated heterocycles. The number of hydrogen-bond donors (Lipinski definition) is 2. The number of primary amides is 1. The second-order valence-corrected chi connectivity index (χ2v) is 10.7. The molecule has 3 aromatic rings. The lowest BCUT2D eigenvalue weighted by Gasteiger charge is -2.26. The van der Waals surface area contributed by atoms with Gasteiger partial charge in [-0.2, -0.15) is 0 Å². The minimum atomic E-state index is -1.13. The number of benzene rings is 2. The van der Waals surface area contributed by atoms with E-state index < -0.39 is 23.6 Å². The maximum Gasteiger partial charge on any atom is 0.337 e. The van der Waals surface area contributed by atoms with Crippen LogP contribution in [0.15, 0.2) is 42.5 Å². The molecular formula is C27H29NO5S. The van der Waals surface area contributed by atoms with Gasteiger partial charge in [0, 0.05) is 26.4 Å². The zero-order chi connectivity index (χ0) is 24.6.